The molecule has 1 saturated carbocycles. The maximum atomic E-state index is 3.87. The molecule has 3 heteroatoms. The Balaban J connectivity index is 1.84. The van der Waals surface area contributed by atoms with Gasteiger partial charge in [-0.05, 0) is 59.2 Å². The molecule has 0 aromatic carbocycles. The average Bonchev–Trinajstić information content (AvgIpc) is 2.46. The van der Waals surface area contributed by atoms with E-state index in [1.807, 2.05) is 0 Å². The minimum atomic E-state index is 0.627. The minimum Gasteiger partial charge on any atom is -0.314 e. The van der Waals surface area contributed by atoms with Gasteiger partial charge in [-0.25, -0.2) is 0 Å². The first-order valence-corrected chi connectivity index (χ1v) is 8.31. The summed E-state index contributed by atoms with van der Waals surface area (Å²) in [5.41, 5.74) is 0. The molecule has 1 aliphatic heterocycles. The molecule has 112 valence electrons. The van der Waals surface area contributed by atoms with Crippen molar-refractivity contribution in [2.45, 2.75) is 70.0 Å². The summed E-state index contributed by atoms with van der Waals surface area (Å²) in [5, 5.41) is 7.65. The van der Waals surface area contributed by atoms with Crippen molar-refractivity contribution in [2.75, 3.05) is 27.2 Å². The van der Waals surface area contributed by atoms with Gasteiger partial charge in [-0.1, -0.05) is 19.3 Å². The quantitative estimate of drug-likeness (QED) is 0.800. The van der Waals surface area contributed by atoms with Crippen molar-refractivity contribution >= 4 is 0 Å². The van der Waals surface area contributed by atoms with Crippen LogP contribution in [-0.2, 0) is 0 Å². The average molecular weight is 267 g/mol. The second-order valence-corrected chi connectivity index (χ2v) is 6.83. The van der Waals surface area contributed by atoms with Gasteiger partial charge in [0.05, 0.1) is 0 Å². The van der Waals surface area contributed by atoms with E-state index in [-0.39, 0.29) is 0 Å². The second-order valence-electron chi connectivity index (χ2n) is 6.83. The van der Waals surface area contributed by atoms with Crippen LogP contribution >= 0.6 is 0 Å². The molecule has 3 nitrogen and oxygen atoms in total. The minimum absolute atomic E-state index is 0.627. The number of hydrogen-bond donors (Lipinski definition) is 2. The maximum absolute atomic E-state index is 3.87. The Morgan fingerprint density at radius 2 is 1.84 bits per heavy atom. The Bertz CT molecular complexity index is 248. The molecule has 0 spiro atoms. The maximum Gasteiger partial charge on any atom is 0.0186 e. The Labute approximate surface area is 119 Å². The molecule has 1 heterocycles. The molecule has 0 radical (unpaired) electrons. The number of hydrogen-bond acceptors (Lipinski definition) is 3. The highest BCUT2D eigenvalue weighted by molar-refractivity contribution is 4.91. The van der Waals surface area contributed by atoms with Crippen LogP contribution in [0.1, 0.15) is 51.9 Å². The van der Waals surface area contributed by atoms with Gasteiger partial charge >= 0.3 is 0 Å². The summed E-state index contributed by atoms with van der Waals surface area (Å²) in [4.78, 5) is 2.31. The van der Waals surface area contributed by atoms with Crippen LogP contribution in [0.25, 0.3) is 0 Å². The summed E-state index contributed by atoms with van der Waals surface area (Å²) < 4.78 is 0. The van der Waals surface area contributed by atoms with E-state index in [0.29, 0.717) is 6.04 Å². The Morgan fingerprint density at radius 3 is 2.53 bits per heavy atom. The lowest BCUT2D eigenvalue weighted by Crippen LogP contribution is -2.52. The lowest BCUT2D eigenvalue weighted by atomic mass is 9.77. The van der Waals surface area contributed by atoms with Gasteiger partial charge in [0, 0.05) is 24.7 Å². The fourth-order valence-corrected chi connectivity index (χ4v) is 3.64. The first kappa shape index (κ1) is 15.3. The van der Waals surface area contributed by atoms with Gasteiger partial charge in [-0.3, -0.25) is 0 Å². The molecule has 0 aromatic rings. The molecular weight excluding hydrogens is 234 g/mol. The Hall–Kier alpha value is -0.120. The zero-order valence-electron chi connectivity index (χ0n) is 13.1. The highest BCUT2D eigenvalue weighted by Crippen LogP contribution is 2.30. The van der Waals surface area contributed by atoms with Crippen molar-refractivity contribution in [1.29, 1.82) is 0 Å². The topological polar surface area (TPSA) is 27.3 Å². The molecule has 2 aliphatic rings. The first-order valence-electron chi connectivity index (χ1n) is 8.31. The second kappa shape index (κ2) is 7.61. The third kappa shape index (κ3) is 4.44. The molecule has 2 fully saturated rings. The standard InChI is InChI=1S/C16H33N3/c1-13(19(2)3)12-18-16-9-5-4-8-14(16)15-10-6-7-11-17-15/h13-18H,4-12H2,1-3H3. The van der Waals surface area contributed by atoms with Gasteiger partial charge in [0.1, 0.15) is 0 Å². The smallest absolute Gasteiger partial charge is 0.0186 e. The van der Waals surface area contributed by atoms with Crippen molar-refractivity contribution in [3.05, 3.63) is 0 Å². The van der Waals surface area contributed by atoms with Crippen molar-refractivity contribution < 1.29 is 0 Å². The summed E-state index contributed by atoms with van der Waals surface area (Å²) in [6.07, 6.45) is 9.84. The third-order valence-electron chi connectivity index (χ3n) is 5.24. The van der Waals surface area contributed by atoms with Crippen LogP contribution in [0.15, 0.2) is 0 Å². The van der Waals surface area contributed by atoms with E-state index >= 15 is 0 Å². The molecule has 4 atom stereocenters. The zero-order valence-corrected chi connectivity index (χ0v) is 13.1. The van der Waals surface area contributed by atoms with Crippen LogP contribution < -0.4 is 10.6 Å². The molecule has 1 aliphatic carbocycles. The van der Waals surface area contributed by atoms with E-state index < -0.39 is 0 Å². The largest absolute Gasteiger partial charge is 0.314 e. The third-order valence-corrected chi connectivity index (χ3v) is 5.24. The van der Waals surface area contributed by atoms with E-state index in [0.717, 1.165) is 24.5 Å². The van der Waals surface area contributed by atoms with E-state index in [4.69, 9.17) is 0 Å². The monoisotopic (exact) mass is 267 g/mol. The van der Waals surface area contributed by atoms with Gasteiger partial charge < -0.3 is 15.5 Å². The summed E-state index contributed by atoms with van der Waals surface area (Å²) in [6.45, 7) is 4.67. The van der Waals surface area contributed by atoms with Crippen LogP contribution in [0.2, 0.25) is 0 Å². The molecular formula is C16H33N3. The van der Waals surface area contributed by atoms with Crippen molar-refractivity contribution in [3.63, 3.8) is 0 Å². The summed E-state index contributed by atoms with van der Waals surface area (Å²) in [6, 6.07) is 2.15. The summed E-state index contributed by atoms with van der Waals surface area (Å²) in [7, 11) is 4.35. The molecule has 0 amide bonds. The van der Waals surface area contributed by atoms with Gasteiger partial charge in [0.2, 0.25) is 0 Å². The Morgan fingerprint density at radius 1 is 1.11 bits per heavy atom. The number of nitrogens with zero attached hydrogens (tertiary/aromatic N) is 1. The van der Waals surface area contributed by atoms with Crippen LogP contribution in [0.4, 0.5) is 0 Å². The molecule has 2 rings (SSSR count). The normalized spacial score (nSPS) is 34.4. The lowest BCUT2D eigenvalue weighted by molar-refractivity contribution is 0.172. The first-order chi connectivity index (χ1) is 9.18. The van der Waals surface area contributed by atoms with E-state index in [2.05, 4.69) is 36.6 Å². The number of likely N-dealkylation sites (N-methyl/N-ethyl adjacent to an activating group) is 1. The highest BCUT2D eigenvalue weighted by Gasteiger charge is 2.32. The molecule has 0 bridgehead atoms. The fraction of sp³-hybridized carbons (Fsp3) is 1.00. The SMILES string of the molecule is CC(CNC1CCCCC1C1CCCCN1)N(C)C. The summed E-state index contributed by atoms with van der Waals surface area (Å²) in [5.74, 6) is 0.864. The molecule has 1 saturated heterocycles. The lowest BCUT2D eigenvalue weighted by Gasteiger charge is -2.40. The number of piperidine rings is 1. The van der Waals surface area contributed by atoms with Gasteiger partial charge in [0.15, 0.2) is 0 Å². The molecule has 2 N–H and O–H groups in total. The van der Waals surface area contributed by atoms with Crippen LogP contribution in [-0.4, -0.2) is 50.2 Å². The number of nitrogens with one attached hydrogen (secondary N) is 2. The van der Waals surface area contributed by atoms with Gasteiger partial charge in [-0.15, -0.1) is 0 Å². The molecule has 0 aromatic heterocycles. The van der Waals surface area contributed by atoms with Gasteiger partial charge in [0.25, 0.3) is 0 Å². The fourth-order valence-electron chi connectivity index (χ4n) is 3.64. The predicted octanol–water partition coefficient (Wildman–Crippen LogP) is 2.23. The number of rotatable bonds is 5. The van der Waals surface area contributed by atoms with Gasteiger partial charge in [-0.2, -0.15) is 0 Å². The molecule has 19 heavy (non-hydrogen) atoms. The van der Waals surface area contributed by atoms with Crippen molar-refractivity contribution in [2.24, 2.45) is 5.92 Å². The van der Waals surface area contributed by atoms with Crippen LogP contribution in [0.5, 0.6) is 0 Å². The van der Waals surface area contributed by atoms with E-state index in [1.54, 1.807) is 0 Å². The van der Waals surface area contributed by atoms with Crippen LogP contribution in [0.3, 0.4) is 0 Å². The summed E-state index contributed by atoms with van der Waals surface area (Å²) >= 11 is 0. The van der Waals surface area contributed by atoms with E-state index in [1.165, 1.54) is 51.5 Å². The Kier molecular flexibility index (Phi) is 6.11. The van der Waals surface area contributed by atoms with Crippen LogP contribution in [0, 0.1) is 5.92 Å². The molecule has 4 unspecified atom stereocenters. The predicted molar refractivity (Wildman–Crippen MR) is 82.5 cm³/mol. The van der Waals surface area contributed by atoms with E-state index in [9.17, 15) is 0 Å². The van der Waals surface area contributed by atoms with Crippen molar-refractivity contribution in [3.8, 4) is 0 Å². The highest BCUT2D eigenvalue weighted by atomic mass is 15.1. The van der Waals surface area contributed by atoms with Crippen molar-refractivity contribution in [1.82, 2.24) is 15.5 Å². The zero-order chi connectivity index (χ0) is 13.7.